The highest BCUT2D eigenvalue weighted by molar-refractivity contribution is 6.04. The number of aryl methyl sites for hydroxylation is 2. The third kappa shape index (κ3) is 3.84. The fourth-order valence-electron chi connectivity index (χ4n) is 5.91. The smallest absolute Gasteiger partial charge is 0.255 e. The summed E-state index contributed by atoms with van der Waals surface area (Å²) < 4.78 is 0. The molecule has 3 atom stereocenters. The zero-order valence-corrected chi connectivity index (χ0v) is 18.6. The van der Waals surface area contributed by atoms with Crippen LogP contribution >= 0.6 is 0 Å². The zero-order valence-electron chi connectivity index (χ0n) is 18.6. The van der Waals surface area contributed by atoms with Crippen molar-refractivity contribution in [3.05, 3.63) is 94.8 Å². The van der Waals surface area contributed by atoms with E-state index in [4.69, 9.17) is 0 Å². The van der Waals surface area contributed by atoms with Crippen LogP contribution in [0.4, 0.5) is 5.69 Å². The molecule has 0 radical (unpaired) electrons. The molecule has 2 aromatic carbocycles. The molecule has 32 heavy (non-hydrogen) atoms. The van der Waals surface area contributed by atoms with Crippen molar-refractivity contribution >= 4 is 11.6 Å². The Morgan fingerprint density at radius 2 is 1.97 bits per heavy atom. The van der Waals surface area contributed by atoms with Crippen LogP contribution in [0.25, 0.3) is 0 Å². The molecule has 1 amide bonds. The molecule has 0 bridgehead atoms. The minimum absolute atomic E-state index is 0.0309. The molecule has 1 heterocycles. The van der Waals surface area contributed by atoms with Crippen molar-refractivity contribution < 1.29 is 9.90 Å². The Hall–Kier alpha value is -2.98. The molecule has 3 unspecified atom stereocenters. The number of hydrogen-bond donors (Lipinski definition) is 2. The Morgan fingerprint density at radius 1 is 1.12 bits per heavy atom. The highest BCUT2D eigenvalue weighted by atomic mass is 16.3. The van der Waals surface area contributed by atoms with E-state index in [1.54, 1.807) is 6.20 Å². The van der Waals surface area contributed by atoms with Gasteiger partial charge in [-0.2, -0.15) is 0 Å². The molecular weight excluding hydrogens is 396 g/mol. The number of hydrogen-bond acceptors (Lipinski definition) is 3. The number of nitrogens with zero attached hydrogens (tertiary/aromatic N) is 1. The molecule has 1 saturated carbocycles. The highest BCUT2D eigenvalue weighted by Gasteiger charge is 2.47. The van der Waals surface area contributed by atoms with Gasteiger partial charge in [0.15, 0.2) is 0 Å². The molecule has 1 fully saturated rings. The van der Waals surface area contributed by atoms with Crippen LogP contribution in [0.3, 0.4) is 0 Å². The first-order valence-corrected chi connectivity index (χ1v) is 11.6. The monoisotopic (exact) mass is 426 g/mol. The zero-order chi connectivity index (χ0) is 22.1. The predicted molar refractivity (Wildman–Crippen MR) is 127 cm³/mol. The number of rotatable bonds is 4. The van der Waals surface area contributed by atoms with Gasteiger partial charge < -0.3 is 10.4 Å². The van der Waals surface area contributed by atoms with Gasteiger partial charge in [-0.25, -0.2) is 0 Å². The van der Waals surface area contributed by atoms with Gasteiger partial charge in [-0.1, -0.05) is 36.4 Å². The Morgan fingerprint density at radius 3 is 2.78 bits per heavy atom. The van der Waals surface area contributed by atoms with Gasteiger partial charge in [-0.15, -0.1) is 0 Å². The first kappa shape index (κ1) is 20.9. The molecular formula is C28H30N2O2. The second-order valence-electron chi connectivity index (χ2n) is 9.44. The average molecular weight is 427 g/mol. The number of nitrogens with one attached hydrogen (secondary N) is 1. The molecule has 2 aliphatic rings. The molecule has 4 heteroatoms. The number of carbonyl (C=O) groups excluding carboxylic acids is 1. The van der Waals surface area contributed by atoms with Gasteiger partial charge in [-0.3, -0.25) is 9.78 Å². The number of amides is 1. The van der Waals surface area contributed by atoms with Gasteiger partial charge in [0.2, 0.25) is 0 Å². The van der Waals surface area contributed by atoms with E-state index < -0.39 is 0 Å². The molecule has 1 aromatic heterocycles. The van der Waals surface area contributed by atoms with Crippen molar-refractivity contribution in [3.8, 4) is 0 Å². The lowest BCUT2D eigenvalue weighted by molar-refractivity contribution is 0.0406. The summed E-state index contributed by atoms with van der Waals surface area (Å²) in [6, 6.07) is 20.7. The molecule has 5 rings (SSSR count). The van der Waals surface area contributed by atoms with E-state index in [9.17, 15) is 9.90 Å². The fraction of sp³-hybridized carbons (Fsp3) is 0.357. The van der Waals surface area contributed by atoms with E-state index >= 15 is 0 Å². The van der Waals surface area contributed by atoms with E-state index in [1.807, 2.05) is 25.1 Å². The van der Waals surface area contributed by atoms with Gasteiger partial charge in [-0.05, 0) is 92.3 Å². The van der Waals surface area contributed by atoms with Crippen LogP contribution in [0.15, 0.2) is 66.9 Å². The second kappa shape index (κ2) is 8.51. The summed E-state index contributed by atoms with van der Waals surface area (Å²) in [5.74, 6) is 0.374. The second-order valence-corrected chi connectivity index (χ2v) is 9.44. The van der Waals surface area contributed by atoms with E-state index in [2.05, 4.69) is 52.8 Å². The van der Waals surface area contributed by atoms with Crippen LogP contribution in [0.1, 0.15) is 58.4 Å². The van der Waals surface area contributed by atoms with Crippen LogP contribution in [-0.4, -0.2) is 22.1 Å². The molecule has 0 saturated heterocycles. The highest BCUT2D eigenvalue weighted by Crippen LogP contribution is 2.52. The number of carbonyl (C=O) groups is 1. The van der Waals surface area contributed by atoms with Crippen molar-refractivity contribution in [2.75, 3.05) is 5.32 Å². The lowest BCUT2D eigenvalue weighted by Crippen LogP contribution is -2.47. The topological polar surface area (TPSA) is 62.2 Å². The Kier molecular flexibility index (Phi) is 5.56. The SMILES string of the molecule is Cc1ncccc1NC(=O)c1ccc2c(c1)CCC1CC(O)CCC21Cc1ccccc1. The molecule has 0 spiro atoms. The van der Waals surface area contributed by atoms with Gasteiger partial charge in [0, 0.05) is 17.2 Å². The standard InChI is InChI=1S/C28H30N2O2/c1-19-26(8-5-15-29-19)30-27(32)22-10-12-25-21(16-22)9-11-23-17-24(31)13-14-28(23,25)18-20-6-3-2-4-7-20/h2-8,10,12,15-16,23-24,31H,9,11,13-14,17-18H2,1H3,(H,30,32). The first-order chi connectivity index (χ1) is 15.5. The number of fused-ring (bicyclic) bond motifs is 3. The van der Waals surface area contributed by atoms with Crippen molar-refractivity contribution in [3.63, 3.8) is 0 Å². The van der Waals surface area contributed by atoms with Crippen molar-refractivity contribution in [1.82, 2.24) is 4.98 Å². The number of aliphatic hydroxyl groups excluding tert-OH is 1. The maximum Gasteiger partial charge on any atom is 0.255 e. The maximum absolute atomic E-state index is 13.0. The number of benzene rings is 2. The van der Waals surface area contributed by atoms with E-state index in [0.717, 1.165) is 49.9 Å². The summed E-state index contributed by atoms with van der Waals surface area (Å²) in [7, 11) is 0. The third-order valence-corrected chi connectivity index (χ3v) is 7.55. The van der Waals surface area contributed by atoms with Gasteiger partial charge in [0.1, 0.15) is 0 Å². The minimum Gasteiger partial charge on any atom is -0.393 e. The largest absolute Gasteiger partial charge is 0.393 e. The normalized spacial score (nSPS) is 24.3. The van der Waals surface area contributed by atoms with Crippen LogP contribution in [0.5, 0.6) is 0 Å². The molecule has 0 aliphatic heterocycles. The quantitative estimate of drug-likeness (QED) is 0.600. The third-order valence-electron chi connectivity index (χ3n) is 7.55. The summed E-state index contributed by atoms with van der Waals surface area (Å²) >= 11 is 0. The molecule has 2 N–H and O–H groups in total. The van der Waals surface area contributed by atoms with Gasteiger partial charge >= 0.3 is 0 Å². The van der Waals surface area contributed by atoms with Crippen LogP contribution in [0.2, 0.25) is 0 Å². The summed E-state index contributed by atoms with van der Waals surface area (Å²) in [5, 5.41) is 13.4. The average Bonchev–Trinajstić information content (AvgIpc) is 2.81. The summed E-state index contributed by atoms with van der Waals surface area (Å²) in [4.78, 5) is 17.2. The van der Waals surface area contributed by atoms with E-state index in [-0.39, 0.29) is 17.4 Å². The maximum atomic E-state index is 13.0. The summed E-state index contributed by atoms with van der Waals surface area (Å²) in [6.45, 7) is 1.90. The van der Waals surface area contributed by atoms with Crippen LogP contribution in [0, 0.1) is 12.8 Å². The van der Waals surface area contributed by atoms with Crippen molar-refractivity contribution in [1.29, 1.82) is 0 Å². The molecule has 2 aliphatic carbocycles. The lowest BCUT2D eigenvalue weighted by Gasteiger charge is -2.50. The molecule has 164 valence electrons. The Bertz CT molecular complexity index is 1130. The lowest BCUT2D eigenvalue weighted by atomic mass is 9.54. The Balaban J connectivity index is 1.48. The van der Waals surface area contributed by atoms with Crippen LogP contribution in [-0.2, 0) is 18.3 Å². The fourth-order valence-corrected chi connectivity index (χ4v) is 5.91. The summed E-state index contributed by atoms with van der Waals surface area (Å²) in [6.07, 6.45) is 7.23. The molecule has 3 aromatic rings. The summed E-state index contributed by atoms with van der Waals surface area (Å²) in [5.41, 5.74) is 6.28. The number of aromatic nitrogens is 1. The minimum atomic E-state index is -0.196. The number of aliphatic hydroxyl groups is 1. The van der Waals surface area contributed by atoms with Crippen molar-refractivity contribution in [2.45, 2.75) is 57.0 Å². The first-order valence-electron chi connectivity index (χ1n) is 11.6. The van der Waals surface area contributed by atoms with E-state index in [0.29, 0.717) is 11.5 Å². The van der Waals surface area contributed by atoms with Gasteiger partial charge in [0.05, 0.1) is 17.5 Å². The number of pyridine rings is 1. The molecule has 4 nitrogen and oxygen atoms in total. The van der Waals surface area contributed by atoms with E-state index in [1.165, 1.54) is 16.7 Å². The predicted octanol–water partition coefficient (Wildman–Crippen LogP) is 5.23. The number of anilines is 1. The van der Waals surface area contributed by atoms with Crippen LogP contribution < -0.4 is 5.32 Å². The van der Waals surface area contributed by atoms with Gasteiger partial charge in [0.25, 0.3) is 5.91 Å². The van der Waals surface area contributed by atoms with Crippen molar-refractivity contribution in [2.24, 2.45) is 5.92 Å². The Labute approximate surface area is 189 Å².